The third kappa shape index (κ3) is 3.69. The summed E-state index contributed by atoms with van der Waals surface area (Å²) < 4.78 is 71.3. The summed E-state index contributed by atoms with van der Waals surface area (Å²) in [7, 11) is 1.03. The van der Waals surface area contributed by atoms with Gasteiger partial charge in [0.1, 0.15) is 6.04 Å². The zero-order chi connectivity index (χ0) is 20.7. The average molecular weight is 405 g/mol. The van der Waals surface area contributed by atoms with Crippen LogP contribution in [-0.4, -0.2) is 37.1 Å². The summed E-state index contributed by atoms with van der Waals surface area (Å²) in [4.78, 5) is 23.7. The number of carbonyl (C=O) groups is 2. The van der Waals surface area contributed by atoms with Gasteiger partial charge in [-0.05, 0) is 18.4 Å². The van der Waals surface area contributed by atoms with Gasteiger partial charge in [0, 0.05) is 17.9 Å². The summed E-state index contributed by atoms with van der Waals surface area (Å²) in [5, 5.41) is 8.14. The SMILES string of the molecule is COC(=O)C(Cc1ccc(C2(C(F)(F)F)N=N2)cc1)NC(=O)C(F)(F)C1CC1. The third-order valence-electron chi connectivity index (χ3n) is 4.68. The first-order valence-electron chi connectivity index (χ1n) is 8.38. The predicted molar refractivity (Wildman–Crippen MR) is 84.4 cm³/mol. The van der Waals surface area contributed by atoms with Crippen LogP contribution >= 0.6 is 0 Å². The maximum absolute atomic E-state index is 13.9. The number of hydrogen-bond donors (Lipinski definition) is 1. The Morgan fingerprint density at radius 2 is 1.75 bits per heavy atom. The molecular formula is C17H16F5N3O3. The molecule has 1 heterocycles. The molecular weight excluding hydrogens is 389 g/mol. The minimum atomic E-state index is -4.68. The molecule has 11 heteroatoms. The van der Waals surface area contributed by atoms with E-state index in [1.54, 1.807) is 0 Å². The van der Waals surface area contributed by atoms with E-state index in [0.717, 1.165) is 19.2 Å². The first kappa shape index (κ1) is 20.2. The van der Waals surface area contributed by atoms with E-state index in [4.69, 9.17) is 0 Å². The van der Waals surface area contributed by atoms with Gasteiger partial charge in [-0.3, -0.25) is 4.79 Å². The number of ether oxygens (including phenoxy) is 1. The van der Waals surface area contributed by atoms with Crippen molar-refractivity contribution in [1.82, 2.24) is 5.32 Å². The number of nitrogens with zero attached hydrogens (tertiary/aromatic N) is 2. The van der Waals surface area contributed by atoms with Gasteiger partial charge in [0.2, 0.25) is 0 Å². The molecule has 1 unspecified atom stereocenters. The molecule has 0 radical (unpaired) electrons. The largest absolute Gasteiger partial charge is 0.467 e. The number of carbonyl (C=O) groups excluding carboxylic acids is 2. The van der Waals surface area contributed by atoms with Gasteiger partial charge < -0.3 is 10.1 Å². The summed E-state index contributed by atoms with van der Waals surface area (Å²) in [6, 6.07) is 3.44. The highest BCUT2D eigenvalue weighted by Gasteiger charge is 2.65. The summed E-state index contributed by atoms with van der Waals surface area (Å²) in [5.74, 6) is -7.16. The van der Waals surface area contributed by atoms with Crippen molar-refractivity contribution in [2.24, 2.45) is 16.1 Å². The Morgan fingerprint density at radius 1 is 1.18 bits per heavy atom. The maximum Gasteiger partial charge on any atom is 0.442 e. The van der Waals surface area contributed by atoms with Crippen molar-refractivity contribution in [2.75, 3.05) is 7.11 Å². The lowest BCUT2D eigenvalue weighted by Gasteiger charge is -2.21. The zero-order valence-electron chi connectivity index (χ0n) is 14.6. The van der Waals surface area contributed by atoms with Crippen LogP contribution in [0.3, 0.4) is 0 Å². The van der Waals surface area contributed by atoms with Crippen LogP contribution in [0.25, 0.3) is 0 Å². The molecule has 0 spiro atoms. The Balaban J connectivity index is 1.71. The molecule has 152 valence electrons. The molecule has 2 aliphatic rings. The first-order valence-corrected chi connectivity index (χ1v) is 8.38. The lowest BCUT2D eigenvalue weighted by Crippen LogP contribution is -2.50. The molecule has 0 saturated heterocycles. The van der Waals surface area contributed by atoms with Crippen LogP contribution in [0.2, 0.25) is 0 Å². The minimum absolute atomic E-state index is 0.206. The molecule has 1 aromatic carbocycles. The van der Waals surface area contributed by atoms with Crippen LogP contribution in [0.1, 0.15) is 24.0 Å². The van der Waals surface area contributed by atoms with Crippen molar-refractivity contribution in [3.63, 3.8) is 0 Å². The fourth-order valence-electron chi connectivity index (χ4n) is 2.77. The normalized spacial score (nSPS) is 19.1. The van der Waals surface area contributed by atoms with E-state index in [9.17, 15) is 31.5 Å². The molecule has 1 aliphatic heterocycles. The molecule has 28 heavy (non-hydrogen) atoms. The molecule has 1 aromatic rings. The standard InChI is InChI=1S/C17H16F5N3O3/c1-28-13(26)12(23-14(27)15(18,19)10-6-7-10)8-9-2-4-11(5-3-9)16(24-25-16)17(20,21)22/h2-5,10,12H,6-8H2,1H3,(H,23,27). The van der Waals surface area contributed by atoms with Gasteiger partial charge in [0.25, 0.3) is 5.91 Å². The van der Waals surface area contributed by atoms with E-state index in [2.05, 4.69) is 15.0 Å². The number of halogens is 5. The van der Waals surface area contributed by atoms with Gasteiger partial charge in [-0.2, -0.15) is 22.0 Å². The maximum atomic E-state index is 13.9. The topological polar surface area (TPSA) is 80.1 Å². The van der Waals surface area contributed by atoms with Crippen LogP contribution in [0, 0.1) is 5.92 Å². The molecule has 1 aliphatic carbocycles. The minimum Gasteiger partial charge on any atom is -0.467 e. The van der Waals surface area contributed by atoms with Crippen LogP contribution < -0.4 is 5.32 Å². The number of amides is 1. The van der Waals surface area contributed by atoms with Crippen molar-refractivity contribution in [3.05, 3.63) is 35.4 Å². The highest BCUT2D eigenvalue weighted by Crippen LogP contribution is 2.52. The number of nitrogens with one attached hydrogen (secondary N) is 1. The van der Waals surface area contributed by atoms with Crippen LogP contribution in [-0.2, 0) is 26.4 Å². The van der Waals surface area contributed by atoms with Crippen LogP contribution in [0.15, 0.2) is 34.5 Å². The van der Waals surface area contributed by atoms with E-state index >= 15 is 0 Å². The van der Waals surface area contributed by atoms with Gasteiger partial charge >= 0.3 is 23.7 Å². The van der Waals surface area contributed by atoms with Gasteiger partial charge in [0.05, 0.1) is 7.11 Å². The second-order valence-electron chi connectivity index (χ2n) is 6.72. The van der Waals surface area contributed by atoms with E-state index in [1.807, 2.05) is 5.32 Å². The molecule has 0 aromatic heterocycles. The lowest BCUT2D eigenvalue weighted by molar-refractivity contribution is -0.166. The van der Waals surface area contributed by atoms with Gasteiger partial charge in [-0.1, -0.05) is 24.3 Å². The third-order valence-corrected chi connectivity index (χ3v) is 4.68. The summed E-state index contributed by atoms with van der Waals surface area (Å²) in [5.41, 5.74) is -2.44. The number of benzene rings is 1. The van der Waals surface area contributed by atoms with Crippen molar-refractivity contribution in [3.8, 4) is 0 Å². The van der Waals surface area contributed by atoms with Gasteiger partial charge in [-0.25, -0.2) is 4.79 Å². The molecule has 1 saturated carbocycles. The molecule has 0 bridgehead atoms. The lowest BCUT2D eigenvalue weighted by atomic mass is 9.98. The fourth-order valence-corrected chi connectivity index (χ4v) is 2.77. The van der Waals surface area contributed by atoms with E-state index in [1.165, 1.54) is 12.1 Å². The predicted octanol–water partition coefficient (Wildman–Crippen LogP) is 3.11. The van der Waals surface area contributed by atoms with E-state index in [0.29, 0.717) is 5.56 Å². The Bertz CT molecular complexity index is 797. The number of alkyl halides is 5. The highest BCUT2D eigenvalue weighted by atomic mass is 19.4. The Kier molecular flexibility index (Phi) is 4.88. The van der Waals surface area contributed by atoms with Gasteiger partial charge in [0.15, 0.2) is 0 Å². The fraction of sp³-hybridized carbons (Fsp3) is 0.529. The highest BCUT2D eigenvalue weighted by molar-refractivity contribution is 5.89. The summed E-state index contributed by atoms with van der Waals surface area (Å²) >= 11 is 0. The Morgan fingerprint density at radius 3 is 2.18 bits per heavy atom. The molecule has 3 rings (SSSR count). The smallest absolute Gasteiger partial charge is 0.442 e. The molecule has 1 amide bonds. The molecule has 6 nitrogen and oxygen atoms in total. The Hall–Kier alpha value is -2.59. The summed E-state index contributed by atoms with van der Waals surface area (Å²) in [6.45, 7) is 0. The van der Waals surface area contributed by atoms with Crippen LogP contribution in [0.4, 0.5) is 22.0 Å². The van der Waals surface area contributed by atoms with Gasteiger partial charge in [-0.15, -0.1) is 10.2 Å². The monoisotopic (exact) mass is 405 g/mol. The molecule has 1 N–H and O–H groups in total. The van der Waals surface area contributed by atoms with Crippen molar-refractivity contribution in [2.45, 2.75) is 43.1 Å². The second-order valence-corrected chi connectivity index (χ2v) is 6.72. The number of esters is 1. The summed E-state index contributed by atoms with van der Waals surface area (Å²) in [6.07, 6.45) is -4.46. The second kappa shape index (κ2) is 6.78. The van der Waals surface area contributed by atoms with Crippen molar-refractivity contribution < 1.29 is 36.3 Å². The van der Waals surface area contributed by atoms with Crippen LogP contribution in [0.5, 0.6) is 0 Å². The molecule has 1 atom stereocenters. The number of rotatable bonds is 7. The van der Waals surface area contributed by atoms with Crippen molar-refractivity contribution in [1.29, 1.82) is 0 Å². The van der Waals surface area contributed by atoms with E-state index in [-0.39, 0.29) is 24.8 Å². The number of hydrogen-bond acceptors (Lipinski definition) is 5. The average Bonchev–Trinajstić information content (AvgIpc) is 3.52. The number of methoxy groups -OCH3 is 1. The zero-order valence-corrected chi connectivity index (χ0v) is 14.6. The van der Waals surface area contributed by atoms with E-state index < -0.39 is 41.6 Å². The Labute approximate surface area is 156 Å². The quantitative estimate of drug-likeness (QED) is 0.559. The molecule has 1 fully saturated rings. The van der Waals surface area contributed by atoms with Crippen molar-refractivity contribution >= 4 is 11.9 Å². The first-order chi connectivity index (χ1) is 13.0.